The molecule has 2 fully saturated rings. The number of thioether (sulfide) groups is 1. The fourth-order valence-electron chi connectivity index (χ4n) is 6.72. The molecule has 0 aromatic heterocycles. The molecule has 0 aliphatic carbocycles. The summed E-state index contributed by atoms with van der Waals surface area (Å²) in [6.45, 7) is 6.26. The summed E-state index contributed by atoms with van der Waals surface area (Å²) in [4.78, 5) is 26.0. The van der Waals surface area contributed by atoms with Crippen molar-refractivity contribution in [3.63, 3.8) is 0 Å². The van der Waals surface area contributed by atoms with Crippen LogP contribution in [0.4, 0.5) is 4.39 Å². The zero-order valence-corrected chi connectivity index (χ0v) is 30.5. The smallest absolute Gasteiger partial charge is 0.306 e. The highest BCUT2D eigenvalue weighted by molar-refractivity contribution is 7.99. The standard InChI is InChI=1S/C35H64ClFN2O6S/c1-5-7-8-9-10-11-12-13-14-15-16-17-18-19-27(40)44-32-30(42)29(41)31(45-34(32)46-4)28(25(3)36)39-33(43)26-20-22-35(37,21-6-2)23-24-38-26/h25-26,28-32,34,38,41-42H,5-24H2,1-4H3,(H,39,43). The van der Waals surface area contributed by atoms with Gasteiger partial charge in [-0.25, -0.2) is 4.39 Å². The highest BCUT2D eigenvalue weighted by atomic mass is 35.5. The average molecular weight is 695 g/mol. The van der Waals surface area contributed by atoms with Crippen molar-refractivity contribution in [1.82, 2.24) is 10.6 Å². The molecule has 0 bridgehead atoms. The van der Waals surface area contributed by atoms with Crippen LogP contribution in [0, 0.1) is 0 Å². The number of unbranched alkanes of at least 4 members (excludes halogenated alkanes) is 12. The Bertz CT molecular complexity index is 858. The van der Waals surface area contributed by atoms with E-state index < -0.39 is 59.0 Å². The van der Waals surface area contributed by atoms with Gasteiger partial charge in [0.25, 0.3) is 0 Å². The van der Waals surface area contributed by atoms with Crippen molar-refractivity contribution in [3.8, 4) is 0 Å². The van der Waals surface area contributed by atoms with Crippen molar-refractivity contribution < 1.29 is 33.7 Å². The van der Waals surface area contributed by atoms with Crippen LogP contribution in [0.3, 0.4) is 0 Å². The predicted octanol–water partition coefficient (Wildman–Crippen LogP) is 6.95. The first-order valence-electron chi connectivity index (χ1n) is 18.2. The Morgan fingerprint density at radius 2 is 1.57 bits per heavy atom. The number of carbonyl (C=O) groups excluding carboxylic acids is 2. The van der Waals surface area contributed by atoms with Gasteiger partial charge in [0.15, 0.2) is 6.10 Å². The lowest BCUT2D eigenvalue weighted by molar-refractivity contribution is -0.218. The van der Waals surface area contributed by atoms with Crippen molar-refractivity contribution in [3.05, 3.63) is 0 Å². The second kappa shape index (κ2) is 22.9. The zero-order valence-electron chi connectivity index (χ0n) is 29.0. The van der Waals surface area contributed by atoms with Crippen LogP contribution in [-0.2, 0) is 19.1 Å². The van der Waals surface area contributed by atoms with Gasteiger partial charge < -0.3 is 30.3 Å². The molecule has 9 atom stereocenters. The number of aliphatic hydroxyl groups excluding tert-OH is 2. The van der Waals surface area contributed by atoms with Gasteiger partial charge in [-0.05, 0) is 51.8 Å². The molecule has 11 heteroatoms. The van der Waals surface area contributed by atoms with Crippen LogP contribution in [0.1, 0.15) is 143 Å². The molecule has 0 radical (unpaired) electrons. The van der Waals surface area contributed by atoms with Crippen LogP contribution in [-0.4, -0.2) is 87.9 Å². The maximum absolute atomic E-state index is 15.1. The lowest BCUT2D eigenvalue weighted by atomic mass is 9.90. The SMILES string of the molecule is CCCCCCCCCCCCCCCC(=O)OC1C(SC)OC(C(NC(=O)C2CCC(F)(CCC)CCN2)C(C)Cl)C(O)C1O. The molecule has 0 saturated carbocycles. The second-order valence-electron chi connectivity index (χ2n) is 13.5. The lowest BCUT2D eigenvalue weighted by Gasteiger charge is -2.45. The quantitative estimate of drug-likeness (QED) is 0.0547. The van der Waals surface area contributed by atoms with E-state index >= 15 is 4.39 Å². The van der Waals surface area contributed by atoms with Crippen LogP contribution < -0.4 is 10.6 Å². The van der Waals surface area contributed by atoms with Crippen LogP contribution in [0.5, 0.6) is 0 Å². The Labute approximate surface area is 287 Å². The molecule has 1 amide bonds. The molecule has 8 nitrogen and oxygen atoms in total. The third-order valence-corrected chi connectivity index (χ3v) is 10.7. The molecule has 2 heterocycles. The number of hydrogen-bond donors (Lipinski definition) is 4. The highest BCUT2D eigenvalue weighted by Gasteiger charge is 2.50. The summed E-state index contributed by atoms with van der Waals surface area (Å²) in [7, 11) is 0. The van der Waals surface area contributed by atoms with E-state index in [-0.39, 0.29) is 18.7 Å². The fourth-order valence-corrected chi connectivity index (χ4v) is 7.65. The summed E-state index contributed by atoms with van der Waals surface area (Å²) in [6, 6.07) is -1.44. The number of rotatable bonds is 22. The second-order valence-corrected chi connectivity index (χ2v) is 15.2. The molecule has 2 saturated heterocycles. The van der Waals surface area contributed by atoms with Crippen LogP contribution >= 0.6 is 23.4 Å². The van der Waals surface area contributed by atoms with Gasteiger partial charge in [0.2, 0.25) is 5.91 Å². The van der Waals surface area contributed by atoms with E-state index in [2.05, 4.69) is 17.6 Å². The van der Waals surface area contributed by atoms with E-state index in [1.807, 2.05) is 6.92 Å². The average Bonchev–Trinajstić information content (AvgIpc) is 3.22. The van der Waals surface area contributed by atoms with Crippen molar-refractivity contribution in [2.24, 2.45) is 0 Å². The van der Waals surface area contributed by atoms with Gasteiger partial charge in [0.1, 0.15) is 29.4 Å². The molecule has 2 aliphatic heterocycles. The summed E-state index contributed by atoms with van der Waals surface area (Å²) >= 11 is 7.75. The molecule has 2 rings (SSSR count). The van der Waals surface area contributed by atoms with Crippen molar-refractivity contribution >= 4 is 35.2 Å². The van der Waals surface area contributed by atoms with Gasteiger partial charge in [-0.3, -0.25) is 9.59 Å². The minimum Gasteiger partial charge on any atom is -0.456 e. The highest BCUT2D eigenvalue weighted by Crippen LogP contribution is 2.33. The molecule has 46 heavy (non-hydrogen) atoms. The van der Waals surface area contributed by atoms with E-state index in [4.69, 9.17) is 21.1 Å². The van der Waals surface area contributed by atoms with E-state index in [0.29, 0.717) is 32.2 Å². The molecule has 4 N–H and O–H groups in total. The van der Waals surface area contributed by atoms with E-state index in [1.165, 1.54) is 76.0 Å². The van der Waals surface area contributed by atoms with Gasteiger partial charge in [-0.2, -0.15) is 0 Å². The van der Waals surface area contributed by atoms with Gasteiger partial charge in [-0.1, -0.05) is 97.3 Å². The Kier molecular flexibility index (Phi) is 20.7. The molecule has 0 aromatic rings. The molecule has 2 aliphatic rings. The Balaban J connectivity index is 1.78. The Hall–Kier alpha value is -0.650. The Morgan fingerprint density at radius 3 is 2.11 bits per heavy atom. The number of carbonyl (C=O) groups is 2. The van der Waals surface area contributed by atoms with Gasteiger partial charge in [-0.15, -0.1) is 23.4 Å². The van der Waals surface area contributed by atoms with E-state index in [9.17, 15) is 19.8 Å². The third kappa shape index (κ3) is 14.5. The van der Waals surface area contributed by atoms with Crippen molar-refractivity contribution in [2.75, 3.05) is 12.8 Å². The van der Waals surface area contributed by atoms with Crippen LogP contribution in [0.25, 0.3) is 0 Å². The predicted molar refractivity (Wildman–Crippen MR) is 186 cm³/mol. The number of hydrogen-bond acceptors (Lipinski definition) is 8. The number of aliphatic hydroxyl groups is 2. The normalized spacial score (nSPS) is 29.9. The van der Waals surface area contributed by atoms with Gasteiger partial charge in [0, 0.05) is 6.42 Å². The lowest BCUT2D eigenvalue weighted by Crippen LogP contribution is -2.65. The zero-order chi connectivity index (χ0) is 34.0. The first-order chi connectivity index (χ1) is 22.1. The van der Waals surface area contributed by atoms with E-state index in [0.717, 1.165) is 19.3 Å². The van der Waals surface area contributed by atoms with Crippen LogP contribution in [0.15, 0.2) is 0 Å². The summed E-state index contributed by atoms with van der Waals surface area (Å²) in [5.74, 6) is -0.780. The molecular formula is C35H64ClFN2O6S. The monoisotopic (exact) mass is 694 g/mol. The first-order valence-corrected chi connectivity index (χ1v) is 19.9. The topological polar surface area (TPSA) is 117 Å². The summed E-state index contributed by atoms with van der Waals surface area (Å²) in [5, 5.41) is 27.6. The largest absolute Gasteiger partial charge is 0.456 e. The minimum atomic E-state index is -1.45. The molecule has 0 aromatic carbocycles. The van der Waals surface area contributed by atoms with Gasteiger partial charge >= 0.3 is 5.97 Å². The third-order valence-electron chi connectivity index (χ3n) is 9.58. The van der Waals surface area contributed by atoms with E-state index in [1.54, 1.807) is 13.2 Å². The maximum atomic E-state index is 15.1. The number of ether oxygens (including phenoxy) is 2. The maximum Gasteiger partial charge on any atom is 0.306 e. The molecule has 9 unspecified atom stereocenters. The summed E-state index contributed by atoms with van der Waals surface area (Å²) in [6.07, 6.45) is 15.0. The fraction of sp³-hybridized carbons (Fsp3) is 0.943. The number of esters is 1. The van der Waals surface area contributed by atoms with Crippen LogP contribution in [0.2, 0.25) is 0 Å². The number of halogens is 2. The Morgan fingerprint density at radius 1 is 0.978 bits per heavy atom. The molecular weight excluding hydrogens is 631 g/mol. The summed E-state index contributed by atoms with van der Waals surface area (Å²) < 4.78 is 26.9. The summed E-state index contributed by atoms with van der Waals surface area (Å²) in [5.41, 5.74) is -2.04. The number of alkyl halides is 2. The van der Waals surface area contributed by atoms with Gasteiger partial charge in [0.05, 0.1) is 17.5 Å². The minimum absolute atomic E-state index is 0.242. The number of nitrogens with one attached hydrogen (secondary N) is 2. The molecule has 0 spiro atoms. The first kappa shape index (κ1) is 41.5. The molecule has 270 valence electrons. The number of amides is 1. The van der Waals surface area contributed by atoms with Crippen molar-refractivity contribution in [1.29, 1.82) is 0 Å². The van der Waals surface area contributed by atoms with Crippen molar-refractivity contribution in [2.45, 2.75) is 196 Å².